The van der Waals surface area contributed by atoms with Crippen LogP contribution >= 0.6 is 15.9 Å². The van der Waals surface area contributed by atoms with Crippen LogP contribution in [0, 0.1) is 0 Å². The van der Waals surface area contributed by atoms with Crippen molar-refractivity contribution in [2.45, 2.75) is 0 Å². The molecule has 1 heterocycles. The molecule has 0 radical (unpaired) electrons. The van der Waals surface area contributed by atoms with Crippen LogP contribution in [0.2, 0.25) is 0 Å². The zero-order valence-corrected chi connectivity index (χ0v) is 10.7. The molecule has 0 saturated heterocycles. The second-order valence-electron chi connectivity index (χ2n) is 3.57. The van der Waals surface area contributed by atoms with Gasteiger partial charge in [0, 0.05) is 29.1 Å². The lowest BCUT2D eigenvalue weighted by Crippen LogP contribution is -2.13. The molecule has 0 fully saturated rings. The van der Waals surface area contributed by atoms with Crippen molar-refractivity contribution in [3.63, 3.8) is 0 Å². The van der Waals surface area contributed by atoms with Crippen LogP contribution in [0.5, 0.6) is 0 Å². The molecule has 0 aliphatic carbocycles. The lowest BCUT2D eigenvalue weighted by molar-refractivity contribution is 0.102. The Balaban J connectivity index is 2.15. The van der Waals surface area contributed by atoms with Gasteiger partial charge in [-0.05, 0) is 40.2 Å². The Labute approximate surface area is 107 Å². The molecular weight excluding hydrogens is 284 g/mol. The molecule has 0 aliphatic rings. The molecule has 5 nitrogen and oxygen atoms in total. The third-order valence-corrected chi connectivity index (χ3v) is 2.92. The van der Waals surface area contributed by atoms with Gasteiger partial charge >= 0.3 is 0 Å². The summed E-state index contributed by atoms with van der Waals surface area (Å²) < 4.78 is 2.37. The SMILES string of the molecule is Cn1ccc(C(=O)Nc2ccc(Br)c(N)c2)n1. The highest BCUT2D eigenvalue weighted by Gasteiger charge is 2.09. The van der Waals surface area contributed by atoms with Crippen molar-refractivity contribution < 1.29 is 4.79 Å². The Hall–Kier alpha value is -1.82. The average Bonchev–Trinajstić information content (AvgIpc) is 2.70. The summed E-state index contributed by atoms with van der Waals surface area (Å²) in [7, 11) is 1.76. The first-order valence-corrected chi connectivity index (χ1v) is 5.71. The first kappa shape index (κ1) is 11.7. The zero-order valence-electron chi connectivity index (χ0n) is 9.14. The Kier molecular flexibility index (Phi) is 3.14. The molecular formula is C11H11BrN4O. The quantitative estimate of drug-likeness (QED) is 0.832. The summed E-state index contributed by atoms with van der Waals surface area (Å²) in [6.07, 6.45) is 1.71. The minimum Gasteiger partial charge on any atom is -0.398 e. The van der Waals surface area contributed by atoms with Gasteiger partial charge in [0.1, 0.15) is 0 Å². The Morgan fingerprint density at radius 2 is 2.24 bits per heavy atom. The van der Waals surface area contributed by atoms with Gasteiger partial charge in [-0.2, -0.15) is 5.10 Å². The second kappa shape index (κ2) is 4.58. The number of anilines is 2. The van der Waals surface area contributed by atoms with Gasteiger partial charge in [-0.15, -0.1) is 0 Å². The number of rotatable bonds is 2. The number of hydrogen-bond donors (Lipinski definition) is 2. The number of halogens is 1. The molecule has 88 valence electrons. The van der Waals surface area contributed by atoms with E-state index in [0.29, 0.717) is 17.1 Å². The molecule has 0 unspecified atom stereocenters. The monoisotopic (exact) mass is 294 g/mol. The molecule has 0 bridgehead atoms. The van der Waals surface area contributed by atoms with E-state index in [-0.39, 0.29) is 5.91 Å². The number of carbonyl (C=O) groups is 1. The van der Waals surface area contributed by atoms with E-state index in [2.05, 4.69) is 26.3 Å². The fourth-order valence-corrected chi connectivity index (χ4v) is 1.60. The first-order valence-electron chi connectivity index (χ1n) is 4.92. The summed E-state index contributed by atoms with van der Waals surface area (Å²) >= 11 is 3.29. The molecule has 17 heavy (non-hydrogen) atoms. The van der Waals surface area contributed by atoms with Crippen LogP contribution in [-0.2, 0) is 7.05 Å². The summed E-state index contributed by atoms with van der Waals surface area (Å²) in [5.41, 5.74) is 7.30. The number of hydrogen-bond acceptors (Lipinski definition) is 3. The number of nitrogens with zero attached hydrogens (tertiary/aromatic N) is 2. The van der Waals surface area contributed by atoms with Gasteiger partial charge < -0.3 is 11.1 Å². The summed E-state index contributed by atoms with van der Waals surface area (Å²) in [6, 6.07) is 6.88. The van der Waals surface area contributed by atoms with Crippen LogP contribution in [0.4, 0.5) is 11.4 Å². The van der Waals surface area contributed by atoms with Crippen LogP contribution in [0.15, 0.2) is 34.9 Å². The van der Waals surface area contributed by atoms with Gasteiger partial charge in [0.05, 0.1) is 0 Å². The highest BCUT2D eigenvalue weighted by Crippen LogP contribution is 2.23. The zero-order chi connectivity index (χ0) is 12.4. The van der Waals surface area contributed by atoms with Gasteiger partial charge in [0.15, 0.2) is 5.69 Å². The standard InChI is InChI=1S/C11H11BrN4O/c1-16-5-4-10(15-16)11(17)14-7-2-3-8(12)9(13)6-7/h2-6H,13H2,1H3,(H,14,17). The largest absolute Gasteiger partial charge is 0.398 e. The molecule has 2 rings (SSSR count). The predicted molar refractivity (Wildman–Crippen MR) is 69.7 cm³/mol. The van der Waals surface area contributed by atoms with Gasteiger partial charge in [-0.3, -0.25) is 9.48 Å². The molecule has 2 aromatic rings. The summed E-state index contributed by atoms with van der Waals surface area (Å²) in [6.45, 7) is 0. The van der Waals surface area contributed by atoms with E-state index in [1.807, 2.05) is 0 Å². The van der Waals surface area contributed by atoms with Crippen LogP contribution in [-0.4, -0.2) is 15.7 Å². The number of carbonyl (C=O) groups excluding carboxylic acids is 1. The molecule has 1 amide bonds. The molecule has 1 aromatic carbocycles. The lowest BCUT2D eigenvalue weighted by Gasteiger charge is -2.05. The van der Waals surface area contributed by atoms with E-state index in [0.717, 1.165) is 4.47 Å². The summed E-state index contributed by atoms with van der Waals surface area (Å²) in [5, 5.41) is 6.73. The maximum absolute atomic E-state index is 11.8. The fraction of sp³-hybridized carbons (Fsp3) is 0.0909. The first-order chi connectivity index (χ1) is 8.06. The van der Waals surface area contributed by atoms with Crippen molar-refractivity contribution in [3.05, 3.63) is 40.6 Å². The van der Waals surface area contributed by atoms with Gasteiger partial charge in [-0.1, -0.05) is 0 Å². The van der Waals surface area contributed by atoms with E-state index in [1.165, 1.54) is 0 Å². The van der Waals surface area contributed by atoms with E-state index in [9.17, 15) is 4.79 Å². The Morgan fingerprint density at radius 1 is 1.47 bits per heavy atom. The minimum atomic E-state index is -0.257. The molecule has 0 aliphatic heterocycles. The summed E-state index contributed by atoms with van der Waals surface area (Å²) in [5.74, 6) is -0.257. The molecule has 1 aromatic heterocycles. The van der Waals surface area contributed by atoms with E-state index >= 15 is 0 Å². The molecule has 0 saturated carbocycles. The highest BCUT2D eigenvalue weighted by atomic mass is 79.9. The number of benzene rings is 1. The van der Waals surface area contributed by atoms with Crippen molar-refractivity contribution in [2.24, 2.45) is 7.05 Å². The van der Waals surface area contributed by atoms with Crippen molar-refractivity contribution in [3.8, 4) is 0 Å². The maximum atomic E-state index is 11.8. The smallest absolute Gasteiger partial charge is 0.276 e. The van der Waals surface area contributed by atoms with Gasteiger partial charge in [0.2, 0.25) is 0 Å². The number of nitrogens with one attached hydrogen (secondary N) is 1. The van der Waals surface area contributed by atoms with Gasteiger partial charge in [0.25, 0.3) is 5.91 Å². The van der Waals surface area contributed by atoms with E-state index in [4.69, 9.17) is 5.73 Å². The van der Waals surface area contributed by atoms with Gasteiger partial charge in [-0.25, -0.2) is 0 Å². The molecule has 6 heteroatoms. The number of aryl methyl sites for hydroxylation is 1. The molecule has 0 atom stereocenters. The van der Waals surface area contributed by atoms with E-state index in [1.54, 1.807) is 42.2 Å². The third kappa shape index (κ3) is 2.65. The second-order valence-corrected chi connectivity index (χ2v) is 4.42. The Bertz CT molecular complexity index is 564. The topological polar surface area (TPSA) is 72.9 Å². The van der Waals surface area contributed by atoms with Crippen molar-refractivity contribution >= 4 is 33.2 Å². The van der Waals surface area contributed by atoms with Crippen LogP contribution in [0.1, 0.15) is 10.5 Å². The van der Waals surface area contributed by atoms with Crippen molar-refractivity contribution in [2.75, 3.05) is 11.1 Å². The maximum Gasteiger partial charge on any atom is 0.276 e. The van der Waals surface area contributed by atoms with Crippen molar-refractivity contribution in [1.82, 2.24) is 9.78 Å². The number of nitrogen functional groups attached to an aromatic ring is 1. The summed E-state index contributed by atoms with van der Waals surface area (Å²) in [4.78, 5) is 11.8. The van der Waals surface area contributed by atoms with Crippen molar-refractivity contribution in [1.29, 1.82) is 0 Å². The third-order valence-electron chi connectivity index (χ3n) is 2.20. The fourth-order valence-electron chi connectivity index (χ4n) is 1.35. The molecule has 3 N–H and O–H groups in total. The normalized spacial score (nSPS) is 10.2. The number of aromatic nitrogens is 2. The average molecular weight is 295 g/mol. The van der Waals surface area contributed by atoms with Crippen LogP contribution in [0.3, 0.4) is 0 Å². The van der Waals surface area contributed by atoms with Crippen LogP contribution < -0.4 is 11.1 Å². The van der Waals surface area contributed by atoms with Crippen LogP contribution in [0.25, 0.3) is 0 Å². The number of amides is 1. The highest BCUT2D eigenvalue weighted by molar-refractivity contribution is 9.10. The Morgan fingerprint density at radius 3 is 2.82 bits per heavy atom. The van der Waals surface area contributed by atoms with E-state index < -0.39 is 0 Å². The predicted octanol–water partition coefficient (Wildman–Crippen LogP) is 2.02. The minimum absolute atomic E-state index is 0.257. The number of nitrogens with two attached hydrogens (primary N) is 1. The lowest BCUT2D eigenvalue weighted by atomic mass is 10.2. The molecule has 0 spiro atoms.